The number of aromatic hydroxyl groups is 1. The van der Waals surface area contributed by atoms with Crippen molar-refractivity contribution in [3.05, 3.63) is 210 Å². The summed E-state index contributed by atoms with van der Waals surface area (Å²) in [5.41, 5.74) is 9.03. The zero-order valence-electron chi connectivity index (χ0n) is 51.9. The number of pyridine rings is 3. The number of nitrogens with one attached hydrogen (secondary N) is 1. The molecular formula is C68H60B2Br3CuIN12O12. The number of phenolic OH excluding ortho intramolecular Hbond substituents is 1. The first-order valence-electron chi connectivity index (χ1n) is 27.4. The first-order valence-corrected chi connectivity index (χ1v) is 30.1. The molecular weight excluding hydrogens is 1630 g/mol. The normalized spacial score (nSPS) is 9.56. The molecule has 12 aromatic rings. The number of phenols is 1. The van der Waals surface area contributed by atoms with Crippen LogP contribution in [0.5, 0.6) is 17.2 Å². The van der Waals surface area contributed by atoms with Crippen LogP contribution in [0, 0.1) is 68.0 Å². The molecule has 6 heterocycles. The summed E-state index contributed by atoms with van der Waals surface area (Å²) < 4.78 is 19.6. The monoisotopic (exact) mass is 1690 g/mol. The van der Waals surface area contributed by atoms with Gasteiger partial charge in [0.15, 0.2) is 0 Å². The number of hydrogen-bond donors (Lipinski definition) is 6. The standard InChI is InChI=1S/C21H14N4O2.C20H12N4O2.C14H11N3O2.C7H6BNO2.2C2H4O2.2CH4.BBr3.Cu.HI/c1-24-18-8-7-16(27-2)10-17(18)20-19(24)9-14(12-23)21(26)25(20)15-5-3-13(11-22)4-6-15;1-23-17-7-6-15(25)9-16(17)19-18(23)8-13(11-22)20(26)24(19)14-4-2-12(10-21)3-5-14;1-17-11-4-3-9(19-2)6-10(11)13-12(17)5-8(7-15)14(18)16-13;9-5-6-1-3-7(4-2-6)8(10)11;2*1-2(3)4;;;2-1(3)4;;/h3-10H,1-2H3;2-9,25H,1H3;3-6H,1-2H3,(H,16,18);1-4,10-11H;2*1H3,(H,3,4);2*1H4;;;1H. The average Bonchev–Trinajstić information content (AvgIpc) is 1.61. The van der Waals surface area contributed by atoms with Gasteiger partial charge < -0.3 is 53.5 Å². The predicted octanol–water partition coefficient (Wildman–Crippen LogP) is 11.5. The topological polar surface area (TPSA) is 388 Å². The van der Waals surface area contributed by atoms with E-state index >= 15 is 0 Å². The van der Waals surface area contributed by atoms with Crippen LogP contribution in [0.4, 0.5) is 0 Å². The van der Waals surface area contributed by atoms with E-state index in [0.29, 0.717) is 61.2 Å². The molecule has 0 atom stereocenters. The van der Waals surface area contributed by atoms with E-state index in [4.69, 9.17) is 60.4 Å². The van der Waals surface area contributed by atoms with E-state index < -0.39 is 30.2 Å². The Morgan fingerprint density at radius 2 is 0.808 bits per heavy atom. The van der Waals surface area contributed by atoms with Crippen molar-refractivity contribution < 1.29 is 61.5 Å². The number of nitrogens with zero attached hydrogens (tertiary/aromatic N) is 11. The van der Waals surface area contributed by atoms with Crippen molar-refractivity contribution in [3.63, 3.8) is 0 Å². The number of fused-ring (bicyclic) bond motifs is 9. The van der Waals surface area contributed by atoms with Crippen LogP contribution >= 0.6 is 71.2 Å². The maximum Gasteiger partial charge on any atom is 0.488 e. The van der Waals surface area contributed by atoms with Gasteiger partial charge >= 0.3 is 10.3 Å². The number of carboxylic acid groups (broad SMARTS) is 2. The molecule has 509 valence electrons. The quantitative estimate of drug-likeness (QED) is 0.0688. The largest absolute Gasteiger partial charge is 0.508 e. The number of aryl methyl sites for hydroxylation is 3. The molecule has 0 aliphatic carbocycles. The first kappa shape index (κ1) is 84.7. The number of carbonyl (C=O) groups is 2. The molecule has 24 nitrogen and oxygen atoms in total. The number of aromatic amines is 1. The molecule has 0 aliphatic heterocycles. The molecule has 31 heteroatoms. The molecule has 12 rings (SSSR count). The molecule has 6 aromatic heterocycles. The molecule has 0 spiro atoms. The Bertz CT molecular complexity index is 5370. The number of ether oxygens (including phenoxy) is 2. The minimum atomic E-state index is -1.46. The van der Waals surface area contributed by atoms with Gasteiger partial charge in [0, 0.05) is 79.6 Å². The van der Waals surface area contributed by atoms with Crippen LogP contribution in [-0.4, -0.2) is 89.6 Å². The molecule has 0 unspecified atom stereocenters. The minimum absolute atomic E-state index is 0. The summed E-state index contributed by atoms with van der Waals surface area (Å²) in [6.45, 7) is 2.17. The zero-order valence-corrected chi connectivity index (χ0v) is 59.9. The van der Waals surface area contributed by atoms with E-state index in [9.17, 15) is 30.0 Å². The Hall–Kier alpha value is -10.4. The predicted molar refractivity (Wildman–Crippen MR) is 400 cm³/mol. The van der Waals surface area contributed by atoms with Crippen LogP contribution in [0.3, 0.4) is 0 Å². The van der Waals surface area contributed by atoms with Crippen LogP contribution < -0.4 is 31.6 Å². The second kappa shape index (κ2) is 38.5. The van der Waals surface area contributed by atoms with Crippen molar-refractivity contribution in [2.24, 2.45) is 21.1 Å². The van der Waals surface area contributed by atoms with Crippen LogP contribution in [0.1, 0.15) is 62.1 Å². The fraction of sp³-hybridized carbons (Fsp3) is 0.132. The van der Waals surface area contributed by atoms with E-state index in [2.05, 4.69) is 58.3 Å². The van der Waals surface area contributed by atoms with E-state index in [-0.39, 0.29) is 87.1 Å². The van der Waals surface area contributed by atoms with Gasteiger partial charge in [-0.3, -0.25) is 33.1 Å². The number of halogens is 4. The molecule has 0 saturated heterocycles. The second-order valence-electron chi connectivity index (χ2n) is 19.8. The third kappa shape index (κ3) is 20.1. The van der Waals surface area contributed by atoms with Gasteiger partial charge in [0.1, 0.15) is 52.1 Å². The van der Waals surface area contributed by atoms with Crippen molar-refractivity contribution in [3.8, 4) is 65.0 Å². The Balaban J connectivity index is 0.000000432. The smallest absolute Gasteiger partial charge is 0.488 e. The Kier molecular flexibility index (Phi) is 32.9. The minimum Gasteiger partial charge on any atom is -0.508 e. The molecule has 0 amide bonds. The maximum atomic E-state index is 13.0. The fourth-order valence-electron chi connectivity index (χ4n) is 9.71. The molecule has 1 radical (unpaired) electrons. The van der Waals surface area contributed by atoms with Gasteiger partial charge in [0.2, 0.25) is 0 Å². The summed E-state index contributed by atoms with van der Waals surface area (Å²) in [7, 11) is 7.37. The third-order valence-electron chi connectivity index (χ3n) is 13.9. The zero-order chi connectivity index (χ0) is 70.1. The van der Waals surface area contributed by atoms with Gasteiger partial charge in [-0.05, 0) is 139 Å². The number of nitriles is 6. The number of methoxy groups -OCH3 is 2. The second-order valence-corrected chi connectivity index (χ2v) is 26.3. The van der Waals surface area contributed by atoms with Crippen molar-refractivity contribution >= 4 is 165 Å². The van der Waals surface area contributed by atoms with Gasteiger partial charge in [0.25, 0.3) is 28.6 Å². The fourth-order valence-corrected chi connectivity index (χ4v) is 9.71. The van der Waals surface area contributed by atoms with Gasteiger partial charge in [-0.1, -0.05) is 27.0 Å². The summed E-state index contributed by atoms with van der Waals surface area (Å²) in [5.74, 6) is -0.170. The van der Waals surface area contributed by atoms with E-state index in [1.165, 1.54) is 33.4 Å². The van der Waals surface area contributed by atoms with Crippen LogP contribution in [-0.2, 0) is 47.8 Å². The molecule has 0 bridgehead atoms. The van der Waals surface area contributed by atoms with Gasteiger partial charge in [-0.15, -0.1) is 71.2 Å². The Labute approximate surface area is 619 Å². The Morgan fingerprint density at radius 1 is 0.485 bits per heavy atom. The van der Waals surface area contributed by atoms with Crippen LogP contribution in [0.2, 0.25) is 0 Å². The van der Waals surface area contributed by atoms with Crippen molar-refractivity contribution in [2.75, 3.05) is 14.2 Å². The summed E-state index contributed by atoms with van der Waals surface area (Å²) >= 11 is 9.31. The van der Waals surface area contributed by atoms with E-state index in [0.717, 1.165) is 63.5 Å². The average molecular weight is 1690 g/mol. The maximum absolute atomic E-state index is 13.0. The number of rotatable bonds is 5. The summed E-state index contributed by atoms with van der Waals surface area (Å²) in [6.07, 6.45) is 0. The van der Waals surface area contributed by atoms with E-state index in [1.54, 1.807) is 99.1 Å². The van der Waals surface area contributed by atoms with Gasteiger partial charge in [-0.25, -0.2) is 0 Å². The number of carboxylic acids is 2. The molecule has 0 saturated carbocycles. The summed E-state index contributed by atoms with van der Waals surface area (Å²) in [6, 6.07) is 52.3. The molecule has 0 fully saturated rings. The van der Waals surface area contributed by atoms with Gasteiger partial charge in [0.05, 0.1) is 98.8 Å². The molecule has 6 N–H and O–H groups in total. The Morgan fingerprint density at radius 3 is 1.16 bits per heavy atom. The molecule has 6 aromatic carbocycles. The number of hydrogen-bond acceptors (Lipinski definition) is 16. The van der Waals surface area contributed by atoms with Crippen LogP contribution in [0.25, 0.3) is 77.2 Å². The van der Waals surface area contributed by atoms with Crippen LogP contribution in [0.15, 0.2) is 160 Å². The van der Waals surface area contributed by atoms with Crippen molar-refractivity contribution in [1.29, 1.82) is 31.6 Å². The third-order valence-corrected chi connectivity index (χ3v) is 13.9. The number of aliphatic carboxylic acids is 2. The molecule has 99 heavy (non-hydrogen) atoms. The summed E-state index contributed by atoms with van der Waals surface area (Å²) in [5, 5.41) is 98.7. The molecule has 0 aliphatic rings. The SMILES string of the molecule is BrB(Br)Br.C.C.CC(=O)O.CC(=O)O.COc1ccc2c(c1)c1[nH]c(=O)c(C#N)cc1n2C.COc1ccc2c(c1)c1c(cc(C#N)c(=O)n1-c1ccc(C#N)cc1)n2C.Cn1c2ccc(O)cc2c2c1cc(C#N)c(=O)n2-c1ccc(C#N)cc1.I.N#Cc1ccc(B(O)O)cc1.[Cu]. The number of H-pyrrole nitrogens is 1. The number of benzene rings is 6. The van der Waals surface area contributed by atoms with Crippen molar-refractivity contribution in [1.82, 2.24) is 27.8 Å². The number of aromatic nitrogens is 6. The first-order chi connectivity index (χ1) is 45.2. The van der Waals surface area contributed by atoms with E-state index in [1.807, 2.05) is 102 Å². The van der Waals surface area contributed by atoms with Gasteiger partial charge in [-0.2, -0.15) is 31.6 Å². The van der Waals surface area contributed by atoms with Crippen molar-refractivity contribution in [2.45, 2.75) is 28.7 Å². The summed E-state index contributed by atoms with van der Waals surface area (Å²) in [4.78, 5) is 58.4.